The third-order valence-electron chi connectivity index (χ3n) is 3.66. The molecule has 0 saturated heterocycles. The molecule has 6 heteroatoms. The van der Waals surface area contributed by atoms with Gasteiger partial charge in [-0.05, 0) is 37.6 Å². The number of carbonyl (C=O) groups excluding carboxylic acids is 1. The van der Waals surface area contributed by atoms with Gasteiger partial charge in [0.1, 0.15) is 5.75 Å². The van der Waals surface area contributed by atoms with Gasteiger partial charge in [-0.15, -0.1) is 11.3 Å². The number of carbonyl (C=O) groups is 1. The van der Waals surface area contributed by atoms with Crippen LogP contribution >= 0.6 is 11.3 Å². The molecule has 1 aromatic carbocycles. The van der Waals surface area contributed by atoms with Gasteiger partial charge in [0.2, 0.25) is 5.91 Å². The van der Waals surface area contributed by atoms with Gasteiger partial charge in [0.15, 0.2) is 4.96 Å². The van der Waals surface area contributed by atoms with Crippen LogP contribution in [-0.4, -0.2) is 28.4 Å². The maximum Gasteiger partial charge on any atom is 0.225 e. The number of amides is 1. The fraction of sp³-hybridized carbons (Fsp3) is 0.333. The van der Waals surface area contributed by atoms with Gasteiger partial charge in [0, 0.05) is 29.4 Å². The first kappa shape index (κ1) is 16.5. The molecule has 3 rings (SSSR count). The monoisotopic (exact) mass is 343 g/mol. The maximum atomic E-state index is 11.9. The van der Waals surface area contributed by atoms with Crippen LogP contribution in [0.4, 0.5) is 0 Å². The van der Waals surface area contributed by atoms with Gasteiger partial charge in [-0.3, -0.25) is 9.20 Å². The van der Waals surface area contributed by atoms with Gasteiger partial charge >= 0.3 is 0 Å². The summed E-state index contributed by atoms with van der Waals surface area (Å²) in [6.45, 7) is 5.38. The van der Waals surface area contributed by atoms with Crippen LogP contribution in [0.3, 0.4) is 0 Å². The SMILES string of the molecule is CCCNC(=O)Cc1csc2nc(-c3ccc(OCC)cc3)cn12. The fourth-order valence-corrected chi connectivity index (χ4v) is 3.35. The number of hydrogen-bond acceptors (Lipinski definition) is 4. The number of hydrogen-bond donors (Lipinski definition) is 1. The van der Waals surface area contributed by atoms with E-state index in [-0.39, 0.29) is 5.91 Å². The highest BCUT2D eigenvalue weighted by molar-refractivity contribution is 7.15. The molecule has 0 unspecified atom stereocenters. The lowest BCUT2D eigenvalue weighted by Gasteiger charge is -2.03. The average molecular weight is 343 g/mol. The van der Waals surface area contributed by atoms with Crippen LogP contribution in [-0.2, 0) is 11.2 Å². The van der Waals surface area contributed by atoms with Crippen LogP contribution in [0.15, 0.2) is 35.8 Å². The minimum absolute atomic E-state index is 0.0490. The van der Waals surface area contributed by atoms with Crippen molar-refractivity contribution in [3.63, 3.8) is 0 Å². The van der Waals surface area contributed by atoms with Crippen LogP contribution in [0.25, 0.3) is 16.2 Å². The topological polar surface area (TPSA) is 55.6 Å². The van der Waals surface area contributed by atoms with Crippen molar-refractivity contribution < 1.29 is 9.53 Å². The first-order valence-corrected chi connectivity index (χ1v) is 9.04. The smallest absolute Gasteiger partial charge is 0.225 e. The van der Waals surface area contributed by atoms with E-state index in [2.05, 4.69) is 10.3 Å². The third-order valence-corrected chi connectivity index (χ3v) is 4.55. The fourth-order valence-electron chi connectivity index (χ4n) is 2.48. The minimum atomic E-state index is 0.0490. The third kappa shape index (κ3) is 3.59. The molecule has 0 fully saturated rings. The van der Waals surface area contributed by atoms with E-state index in [1.165, 1.54) is 0 Å². The molecule has 0 spiro atoms. The molecule has 0 atom stereocenters. The van der Waals surface area contributed by atoms with Crippen molar-refractivity contribution in [2.45, 2.75) is 26.7 Å². The van der Waals surface area contributed by atoms with E-state index in [9.17, 15) is 4.79 Å². The maximum absolute atomic E-state index is 11.9. The molecule has 0 bridgehead atoms. The number of aromatic nitrogens is 2. The molecule has 2 aromatic heterocycles. The lowest BCUT2D eigenvalue weighted by atomic mass is 10.1. The lowest BCUT2D eigenvalue weighted by molar-refractivity contribution is -0.120. The van der Waals surface area contributed by atoms with E-state index in [1.54, 1.807) is 11.3 Å². The van der Waals surface area contributed by atoms with Crippen molar-refractivity contribution in [1.82, 2.24) is 14.7 Å². The summed E-state index contributed by atoms with van der Waals surface area (Å²) in [5.74, 6) is 0.906. The van der Waals surface area contributed by atoms with Gasteiger partial charge in [-0.25, -0.2) is 4.98 Å². The summed E-state index contributed by atoms with van der Waals surface area (Å²) in [6.07, 6.45) is 3.31. The van der Waals surface area contributed by atoms with E-state index >= 15 is 0 Å². The highest BCUT2D eigenvalue weighted by Crippen LogP contribution is 2.25. The zero-order valence-corrected chi connectivity index (χ0v) is 14.7. The van der Waals surface area contributed by atoms with Gasteiger partial charge in [-0.1, -0.05) is 6.92 Å². The molecule has 1 N–H and O–H groups in total. The zero-order chi connectivity index (χ0) is 16.9. The molecule has 0 radical (unpaired) electrons. The Kier molecular flexibility index (Phi) is 5.15. The Labute approximate surface area is 145 Å². The zero-order valence-electron chi connectivity index (χ0n) is 13.9. The molecule has 2 heterocycles. The molecular weight excluding hydrogens is 322 g/mol. The number of ether oxygens (including phenoxy) is 1. The Balaban J connectivity index is 1.80. The van der Waals surface area contributed by atoms with E-state index in [0.717, 1.165) is 34.1 Å². The number of fused-ring (bicyclic) bond motifs is 1. The van der Waals surface area contributed by atoms with Crippen molar-refractivity contribution in [3.8, 4) is 17.0 Å². The van der Waals surface area contributed by atoms with Gasteiger partial charge < -0.3 is 10.1 Å². The molecular formula is C18H21N3O2S. The van der Waals surface area contributed by atoms with Crippen LogP contribution < -0.4 is 10.1 Å². The second kappa shape index (κ2) is 7.49. The predicted molar refractivity (Wildman–Crippen MR) is 96.7 cm³/mol. The first-order valence-electron chi connectivity index (χ1n) is 8.16. The molecule has 0 aliphatic carbocycles. The molecule has 0 aliphatic heterocycles. The number of imidazole rings is 1. The molecule has 0 saturated carbocycles. The van der Waals surface area contributed by atoms with Crippen molar-refractivity contribution in [1.29, 1.82) is 0 Å². The van der Waals surface area contributed by atoms with E-state index in [4.69, 9.17) is 4.74 Å². The molecule has 3 aromatic rings. The summed E-state index contributed by atoms with van der Waals surface area (Å²) in [6, 6.07) is 7.91. The summed E-state index contributed by atoms with van der Waals surface area (Å²) >= 11 is 1.55. The Morgan fingerprint density at radius 3 is 2.79 bits per heavy atom. The summed E-state index contributed by atoms with van der Waals surface area (Å²) < 4.78 is 7.47. The lowest BCUT2D eigenvalue weighted by Crippen LogP contribution is -2.26. The van der Waals surface area contributed by atoms with Crippen molar-refractivity contribution in [2.75, 3.05) is 13.2 Å². The van der Waals surface area contributed by atoms with Gasteiger partial charge in [0.05, 0.1) is 18.7 Å². The summed E-state index contributed by atoms with van der Waals surface area (Å²) in [4.78, 5) is 17.5. The van der Waals surface area contributed by atoms with Crippen molar-refractivity contribution >= 4 is 22.2 Å². The minimum Gasteiger partial charge on any atom is -0.494 e. The molecule has 126 valence electrons. The Hall–Kier alpha value is -2.34. The second-order valence-corrected chi connectivity index (χ2v) is 6.33. The summed E-state index contributed by atoms with van der Waals surface area (Å²) in [7, 11) is 0. The standard InChI is InChI=1S/C18H21N3O2S/c1-3-9-19-17(22)10-14-12-24-18-20-16(11-21(14)18)13-5-7-15(8-6-13)23-4-2/h5-8,11-12H,3-4,9-10H2,1-2H3,(H,19,22). The summed E-state index contributed by atoms with van der Waals surface area (Å²) in [5, 5.41) is 4.91. The highest BCUT2D eigenvalue weighted by atomic mass is 32.1. The van der Waals surface area contributed by atoms with Crippen molar-refractivity contribution in [2.24, 2.45) is 0 Å². The Morgan fingerprint density at radius 1 is 1.29 bits per heavy atom. The van der Waals surface area contributed by atoms with Crippen LogP contribution in [0.5, 0.6) is 5.75 Å². The van der Waals surface area contributed by atoms with Crippen molar-refractivity contribution in [3.05, 3.63) is 41.5 Å². The predicted octanol–water partition coefficient (Wildman–Crippen LogP) is 3.53. The number of nitrogens with one attached hydrogen (secondary N) is 1. The van der Waals surface area contributed by atoms with Gasteiger partial charge in [0.25, 0.3) is 0 Å². The largest absolute Gasteiger partial charge is 0.494 e. The quantitative estimate of drug-likeness (QED) is 0.714. The highest BCUT2D eigenvalue weighted by Gasteiger charge is 2.12. The molecule has 0 aliphatic rings. The number of rotatable bonds is 7. The average Bonchev–Trinajstić information content (AvgIpc) is 3.16. The van der Waals surface area contributed by atoms with Crippen LogP contribution in [0, 0.1) is 0 Å². The Bertz CT molecular complexity index is 821. The summed E-state index contributed by atoms with van der Waals surface area (Å²) in [5.41, 5.74) is 2.91. The molecule has 24 heavy (non-hydrogen) atoms. The number of thiazole rings is 1. The van der Waals surface area contributed by atoms with Crippen LogP contribution in [0.1, 0.15) is 26.0 Å². The van der Waals surface area contributed by atoms with E-state index in [0.29, 0.717) is 19.6 Å². The number of nitrogens with zero attached hydrogens (tertiary/aromatic N) is 2. The van der Waals surface area contributed by atoms with E-state index in [1.807, 2.05) is 54.1 Å². The van der Waals surface area contributed by atoms with E-state index < -0.39 is 0 Å². The normalized spacial score (nSPS) is 10.9. The Morgan fingerprint density at radius 2 is 2.08 bits per heavy atom. The second-order valence-electron chi connectivity index (χ2n) is 5.49. The van der Waals surface area contributed by atoms with Crippen LogP contribution in [0.2, 0.25) is 0 Å². The molecule has 1 amide bonds. The number of benzene rings is 1. The first-order chi connectivity index (χ1) is 11.7. The molecule has 5 nitrogen and oxygen atoms in total. The van der Waals surface area contributed by atoms with Gasteiger partial charge in [-0.2, -0.15) is 0 Å².